The molecule has 0 aromatic heterocycles. The first-order chi connectivity index (χ1) is 21.4. The third-order valence-electron chi connectivity index (χ3n) is 9.28. The summed E-state index contributed by atoms with van der Waals surface area (Å²) in [6.07, 6.45) is 2.15. The predicted molar refractivity (Wildman–Crippen MR) is 178 cm³/mol. The Labute approximate surface area is 261 Å². The molecule has 2 aliphatic rings. The van der Waals surface area contributed by atoms with Crippen LogP contribution in [0.2, 0.25) is 0 Å². The van der Waals surface area contributed by atoms with Gasteiger partial charge in [-0.3, -0.25) is 9.59 Å². The fourth-order valence-electron chi connectivity index (χ4n) is 6.23. The molecule has 4 nitrogen and oxygen atoms in total. The third-order valence-corrected chi connectivity index (χ3v) is 9.28. The number of carbonyl (C=O) groups is 2. The van der Waals surface area contributed by atoms with Crippen molar-refractivity contribution in [1.82, 2.24) is 9.80 Å². The van der Waals surface area contributed by atoms with Crippen molar-refractivity contribution in [3.05, 3.63) is 154 Å². The van der Waals surface area contributed by atoms with Crippen LogP contribution >= 0.6 is 0 Å². The van der Waals surface area contributed by atoms with Gasteiger partial charge in [-0.2, -0.15) is 0 Å². The maximum Gasteiger partial charge on any atom is 0.261 e. The molecule has 2 amide bonds. The lowest BCUT2D eigenvalue weighted by Crippen LogP contribution is -2.29. The molecule has 2 aliphatic heterocycles. The second-order valence-electron chi connectivity index (χ2n) is 12.1. The van der Waals surface area contributed by atoms with Crippen LogP contribution in [0.15, 0.2) is 120 Å². The lowest BCUT2D eigenvalue weighted by Gasteiger charge is -2.26. The first-order valence-electron chi connectivity index (χ1n) is 15.8. The Morgan fingerprint density at radius 1 is 0.500 bits per heavy atom. The van der Waals surface area contributed by atoms with Gasteiger partial charge in [0.25, 0.3) is 11.8 Å². The molecule has 2 atom stereocenters. The highest BCUT2D eigenvalue weighted by Gasteiger charge is 2.48. The van der Waals surface area contributed by atoms with Gasteiger partial charge in [-0.05, 0) is 58.1 Å². The molecule has 44 heavy (non-hydrogen) atoms. The summed E-state index contributed by atoms with van der Waals surface area (Å²) in [5.41, 5.74) is 8.73. The lowest BCUT2D eigenvalue weighted by molar-refractivity contribution is -0.124. The van der Waals surface area contributed by atoms with Crippen LogP contribution in [0.4, 0.5) is 0 Å². The number of hydrogen-bond acceptors (Lipinski definition) is 2. The number of benzene rings is 4. The minimum absolute atomic E-state index is 0.133. The normalized spacial score (nSPS) is 16.2. The maximum absolute atomic E-state index is 14.5. The summed E-state index contributed by atoms with van der Waals surface area (Å²) in [5, 5.41) is 0. The number of nitrogens with zero attached hydrogens (tertiary/aromatic N) is 2. The van der Waals surface area contributed by atoms with Gasteiger partial charge in [0.05, 0.1) is 35.6 Å². The molecule has 222 valence electrons. The second kappa shape index (κ2) is 12.5. The van der Waals surface area contributed by atoms with E-state index in [1.165, 1.54) is 11.1 Å². The number of rotatable bonds is 10. The fraction of sp³-hybridized carbons (Fsp3) is 0.250. The number of fused-ring (bicyclic) bond motifs is 1. The van der Waals surface area contributed by atoms with E-state index >= 15 is 0 Å². The van der Waals surface area contributed by atoms with Crippen molar-refractivity contribution in [2.45, 2.75) is 65.5 Å². The molecule has 0 saturated heterocycles. The standard InChI is InChI=1S/C40H40N2O2/c1-5-27(3)31-21-17-29(18-22-31)25-41-37(33-13-9-7-10-14-33)35-36(39(41)43)38(34-15-11-8-12-16-34)42(40(35)44)26-30-19-23-32(24-20-30)28(4)6-2/h7-24,27-28H,5-6,25-26H2,1-4H3. The molecule has 2 heterocycles. The highest BCUT2D eigenvalue weighted by atomic mass is 16.2. The van der Waals surface area contributed by atoms with Crippen LogP contribution in [-0.4, -0.2) is 21.6 Å². The van der Waals surface area contributed by atoms with Crippen molar-refractivity contribution >= 4 is 23.2 Å². The minimum atomic E-state index is -0.133. The number of hydrogen-bond donors (Lipinski definition) is 0. The van der Waals surface area contributed by atoms with Gasteiger partial charge in [0.2, 0.25) is 0 Å². The Morgan fingerprint density at radius 3 is 1.16 bits per heavy atom. The Kier molecular flexibility index (Phi) is 8.34. The van der Waals surface area contributed by atoms with Crippen LogP contribution in [0.3, 0.4) is 0 Å². The topological polar surface area (TPSA) is 40.6 Å². The molecular weight excluding hydrogens is 540 g/mol. The molecule has 4 heteroatoms. The molecule has 4 aromatic rings. The third kappa shape index (κ3) is 5.41. The molecule has 0 N–H and O–H groups in total. The summed E-state index contributed by atoms with van der Waals surface area (Å²) in [5.74, 6) is 0.692. The summed E-state index contributed by atoms with van der Waals surface area (Å²) < 4.78 is 0. The van der Waals surface area contributed by atoms with Crippen molar-refractivity contribution < 1.29 is 9.59 Å². The summed E-state index contributed by atoms with van der Waals surface area (Å²) in [7, 11) is 0. The molecule has 2 unspecified atom stereocenters. The quantitative estimate of drug-likeness (QED) is 0.188. The Bertz CT molecular complexity index is 1590. The van der Waals surface area contributed by atoms with E-state index in [4.69, 9.17) is 0 Å². The molecule has 4 aromatic carbocycles. The van der Waals surface area contributed by atoms with E-state index < -0.39 is 0 Å². The largest absolute Gasteiger partial charge is 0.302 e. The van der Waals surface area contributed by atoms with E-state index in [2.05, 4.69) is 76.2 Å². The maximum atomic E-state index is 14.5. The summed E-state index contributed by atoms with van der Waals surface area (Å²) >= 11 is 0. The van der Waals surface area contributed by atoms with E-state index in [0.29, 0.717) is 47.5 Å². The van der Waals surface area contributed by atoms with Crippen LogP contribution in [-0.2, 0) is 22.7 Å². The van der Waals surface area contributed by atoms with Gasteiger partial charge in [0.1, 0.15) is 0 Å². The van der Waals surface area contributed by atoms with Crippen molar-refractivity contribution in [3.8, 4) is 0 Å². The molecule has 0 radical (unpaired) electrons. The Morgan fingerprint density at radius 2 is 0.841 bits per heavy atom. The fourth-order valence-corrected chi connectivity index (χ4v) is 6.23. The average Bonchev–Trinajstić information content (AvgIpc) is 3.51. The second-order valence-corrected chi connectivity index (χ2v) is 12.1. The first kappa shape index (κ1) is 29.4. The van der Waals surface area contributed by atoms with E-state index in [-0.39, 0.29) is 11.8 Å². The summed E-state index contributed by atoms with van der Waals surface area (Å²) in [6, 6.07) is 36.8. The van der Waals surface area contributed by atoms with Crippen LogP contribution in [0.5, 0.6) is 0 Å². The van der Waals surface area contributed by atoms with E-state index in [0.717, 1.165) is 35.1 Å². The zero-order valence-electron chi connectivity index (χ0n) is 26.1. The van der Waals surface area contributed by atoms with E-state index in [9.17, 15) is 9.59 Å². The highest BCUT2D eigenvalue weighted by Crippen LogP contribution is 2.47. The van der Waals surface area contributed by atoms with Gasteiger partial charge in [-0.15, -0.1) is 0 Å². The van der Waals surface area contributed by atoms with Gasteiger partial charge in [0.15, 0.2) is 0 Å². The van der Waals surface area contributed by atoms with Gasteiger partial charge < -0.3 is 9.80 Å². The highest BCUT2D eigenvalue weighted by molar-refractivity contribution is 6.30. The Hall–Kier alpha value is -4.70. The molecule has 6 rings (SSSR count). The van der Waals surface area contributed by atoms with Crippen LogP contribution in [0.1, 0.15) is 85.8 Å². The van der Waals surface area contributed by atoms with Gasteiger partial charge in [-0.25, -0.2) is 0 Å². The molecule has 0 spiro atoms. The summed E-state index contributed by atoms with van der Waals surface area (Å²) in [4.78, 5) is 32.7. The molecule has 0 bridgehead atoms. The first-order valence-corrected chi connectivity index (χ1v) is 15.8. The molecule has 0 saturated carbocycles. The van der Waals surface area contributed by atoms with Gasteiger partial charge >= 0.3 is 0 Å². The van der Waals surface area contributed by atoms with Crippen molar-refractivity contribution in [2.75, 3.05) is 0 Å². The number of carbonyl (C=O) groups excluding carboxylic acids is 2. The van der Waals surface area contributed by atoms with E-state index in [1.807, 2.05) is 60.7 Å². The summed E-state index contributed by atoms with van der Waals surface area (Å²) in [6.45, 7) is 9.63. The predicted octanol–water partition coefficient (Wildman–Crippen LogP) is 8.92. The van der Waals surface area contributed by atoms with Crippen LogP contribution in [0, 0.1) is 0 Å². The smallest absolute Gasteiger partial charge is 0.261 e. The Balaban J connectivity index is 1.45. The van der Waals surface area contributed by atoms with Crippen LogP contribution in [0.25, 0.3) is 11.4 Å². The average molecular weight is 581 g/mol. The zero-order chi connectivity index (χ0) is 30.8. The monoisotopic (exact) mass is 580 g/mol. The lowest BCUT2D eigenvalue weighted by atomic mass is 9.97. The van der Waals surface area contributed by atoms with E-state index in [1.54, 1.807) is 9.80 Å². The van der Waals surface area contributed by atoms with Gasteiger partial charge in [0, 0.05) is 0 Å². The molecular formula is C40H40N2O2. The van der Waals surface area contributed by atoms with Crippen molar-refractivity contribution in [2.24, 2.45) is 0 Å². The minimum Gasteiger partial charge on any atom is -0.302 e. The number of amides is 2. The van der Waals surface area contributed by atoms with Crippen molar-refractivity contribution in [3.63, 3.8) is 0 Å². The molecule has 0 aliphatic carbocycles. The van der Waals surface area contributed by atoms with Crippen LogP contribution < -0.4 is 0 Å². The van der Waals surface area contributed by atoms with Gasteiger partial charge in [-0.1, -0.05) is 137 Å². The van der Waals surface area contributed by atoms with Crippen molar-refractivity contribution in [1.29, 1.82) is 0 Å². The molecule has 0 fully saturated rings. The SMILES string of the molecule is CCC(C)c1ccc(CN2C(=O)C3=C(c4ccccc4)N(Cc4ccc(C(C)CC)cc4)C(=O)C3=C2c2ccccc2)cc1. The zero-order valence-corrected chi connectivity index (χ0v) is 26.1.